The lowest BCUT2D eigenvalue weighted by molar-refractivity contribution is 0.872. The largest absolute Gasteiger partial charge is 0.353 e. The van der Waals surface area contributed by atoms with Crippen molar-refractivity contribution in [2.45, 2.75) is 3.79 Å². The molecule has 0 saturated heterocycles. The fraction of sp³-hybridized carbons (Fsp3) is 0.625. The summed E-state index contributed by atoms with van der Waals surface area (Å²) >= 11 is 17.2. The lowest BCUT2D eigenvalue weighted by atomic mass is 10.6. The average Bonchev–Trinajstić information content (AvgIpc) is 2.24. The Labute approximate surface area is 114 Å². The molecule has 0 fully saturated rings. The minimum Gasteiger partial charge on any atom is -0.353 e. The molecule has 9 heteroatoms. The number of hydrogen-bond donors (Lipinski definition) is 2. The summed E-state index contributed by atoms with van der Waals surface area (Å²) in [6, 6.07) is 0. The van der Waals surface area contributed by atoms with Gasteiger partial charge in [0.05, 0.1) is 0 Å². The second-order valence-corrected chi connectivity index (χ2v) is 5.67. The molecule has 1 aromatic rings. The van der Waals surface area contributed by atoms with E-state index >= 15 is 0 Å². The van der Waals surface area contributed by atoms with Crippen molar-refractivity contribution in [2.75, 3.05) is 37.4 Å². The second kappa shape index (κ2) is 5.86. The topological polar surface area (TPSA) is 80.0 Å². The number of aromatic nitrogens is 3. The van der Waals surface area contributed by atoms with Gasteiger partial charge < -0.3 is 16.0 Å². The molecule has 0 bridgehead atoms. The molecule has 0 saturated carbocycles. The molecule has 0 aromatic carbocycles. The third-order valence-corrected chi connectivity index (χ3v) is 2.21. The number of halogens is 3. The van der Waals surface area contributed by atoms with E-state index in [4.69, 9.17) is 40.5 Å². The minimum atomic E-state index is -1.69. The van der Waals surface area contributed by atoms with Crippen LogP contribution in [-0.4, -0.2) is 42.1 Å². The van der Waals surface area contributed by atoms with Crippen LogP contribution in [0.25, 0.3) is 0 Å². The second-order valence-electron chi connectivity index (χ2n) is 3.39. The fourth-order valence-electron chi connectivity index (χ4n) is 0.955. The predicted molar refractivity (Wildman–Crippen MR) is 70.9 cm³/mol. The zero-order chi connectivity index (χ0) is 13.1. The first-order chi connectivity index (χ1) is 7.84. The fourth-order valence-corrected chi connectivity index (χ4v) is 1.21. The van der Waals surface area contributed by atoms with Crippen LogP contribution in [0, 0.1) is 0 Å². The van der Waals surface area contributed by atoms with Crippen molar-refractivity contribution in [3.8, 4) is 0 Å². The molecule has 3 N–H and O–H groups in total. The lowest BCUT2D eigenvalue weighted by Crippen LogP contribution is -2.21. The molecule has 0 unspecified atom stereocenters. The Hall–Kier alpha value is -0.560. The van der Waals surface area contributed by atoms with E-state index in [1.54, 1.807) is 19.0 Å². The molecule has 0 atom stereocenters. The Bertz CT molecular complexity index is 378. The first kappa shape index (κ1) is 14.5. The molecule has 0 radical (unpaired) electrons. The number of alkyl halides is 3. The van der Waals surface area contributed by atoms with E-state index in [-0.39, 0.29) is 5.82 Å². The molecule has 0 aliphatic carbocycles. The van der Waals surface area contributed by atoms with Gasteiger partial charge in [0.25, 0.3) is 0 Å². The molecule has 1 heterocycles. The summed E-state index contributed by atoms with van der Waals surface area (Å²) < 4.78 is -1.69. The van der Waals surface area contributed by atoms with E-state index in [9.17, 15) is 0 Å². The molecular weight excluding hydrogens is 286 g/mol. The van der Waals surface area contributed by atoms with Crippen LogP contribution >= 0.6 is 34.8 Å². The molecule has 0 aliphatic rings. The Kier molecular flexibility index (Phi) is 5.00. The molecular formula is C8H13Cl3N6. The summed E-state index contributed by atoms with van der Waals surface area (Å²) in [7, 11) is 3.56. The highest BCUT2D eigenvalue weighted by atomic mass is 35.6. The molecule has 0 aliphatic heterocycles. The standard InChI is InChI=1S/C8H13Cl3N6/c1-17(2)7-15-5(8(9,10)11)14-6(16-7)13-4-3-12/h3-4,12H2,1-2H3,(H,13,14,15,16). The van der Waals surface area contributed by atoms with Gasteiger partial charge >= 0.3 is 0 Å². The highest BCUT2D eigenvalue weighted by Gasteiger charge is 2.28. The number of nitrogens with two attached hydrogens (primary N) is 1. The first-order valence-electron chi connectivity index (χ1n) is 4.79. The molecule has 17 heavy (non-hydrogen) atoms. The number of hydrogen-bond acceptors (Lipinski definition) is 6. The van der Waals surface area contributed by atoms with Crippen LogP contribution < -0.4 is 16.0 Å². The maximum atomic E-state index is 5.75. The van der Waals surface area contributed by atoms with E-state index in [1.807, 2.05) is 0 Å². The van der Waals surface area contributed by atoms with E-state index in [1.165, 1.54) is 0 Å². The van der Waals surface area contributed by atoms with Gasteiger partial charge in [-0.2, -0.15) is 15.0 Å². The highest BCUT2D eigenvalue weighted by molar-refractivity contribution is 6.66. The van der Waals surface area contributed by atoms with Crippen molar-refractivity contribution in [1.82, 2.24) is 15.0 Å². The monoisotopic (exact) mass is 298 g/mol. The number of rotatable bonds is 4. The van der Waals surface area contributed by atoms with Crippen LogP contribution in [0.2, 0.25) is 0 Å². The molecule has 1 rings (SSSR count). The number of anilines is 2. The molecule has 0 spiro atoms. The third-order valence-electron chi connectivity index (χ3n) is 1.70. The maximum absolute atomic E-state index is 5.75. The van der Waals surface area contributed by atoms with Crippen LogP contribution in [0.15, 0.2) is 0 Å². The Morgan fingerprint density at radius 1 is 1.24 bits per heavy atom. The quantitative estimate of drug-likeness (QED) is 0.812. The van der Waals surface area contributed by atoms with Crippen molar-refractivity contribution in [2.24, 2.45) is 5.73 Å². The van der Waals surface area contributed by atoms with Crippen molar-refractivity contribution >= 4 is 46.7 Å². The summed E-state index contributed by atoms with van der Waals surface area (Å²) in [5, 5.41) is 2.91. The number of nitrogens with zero attached hydrogens (tertiary/aromatic N) is 4. The van der Waals surface area contributed by atoms with E-state index in [0.29, 0.717) is 25.0 Å². The van der Waals surface area contributed by atoms with Crippen molar-refractivity contribution in [1.29, 1.82) is 0 Å². The van der Waals surface area contributed by atoms with E-state index in [2.05, 4.69) is 20.3 Å². The van der Waals surface area contributed by atoms with Gasteiger partial charge in [0.15, 0.2) is 5.82 Å². The van der Waals surface area contributed by atoms with Crippen molar-refractivity contribution in [3.05, 3.63) is 5.82 Å². The zero-order valence-electron chi connectivity index (χ0n) is 9.41. The average molecular weight is 300 g/mol. The first-order valence-corrected chi connectivity index (χ1v) is 5.92. The van der Waals surface area contributed by atoms with Crippen LogP contribution in [0.1, 0.15) is 5.82 Å². The van der Waals surface area contributed by atoms with Crippen molar-refractivity contribution in [3.63, 3.8) is 0 Å². The van der Waals surface area contributed by atoms with Gasteiger partial charge in [0.2, 0.25) is 15.7 Å². The van der Waals surface area contributed by atoms with Crippen molar-refractivity contribution < 1.29 is 0 Å². The lowest BCUT2D eigenvalue weighted by Gasteiger charge is -2.16. The summed E-state index contributed by atoms with van der Waals surface area (Å²) in [4.78, 5) is 13.9. The van der Waals surface area contributed by atoms with Gasteiger partial charge in [-0.05, 0) is 0 Å². The van der Waals surface area contributed by atoms with Gasteiger partial charge in [0.1, 0.15) is 0 Å². The summed E-state index contributed by atoms with van der Waals surface area (Å²) in [6.45, 7) is 0.974. The van der Waals surface area contributed by atoms with Gasteiger partial charge in [-0.1, -0.05) is 34.8 Å². The molecule has 1 aromatic heterocycles. The van der Waals surface area contributed by atoms with E-state index < -0.39 is 3.79 Å². The smallest absolute Gasteiger partial charge is 0.250 e. The van der Waals surface area contributed by atoms with Crippen LogP contribution in [0.3, 0.4) is 0 Å². The third kappa shape index (κ3) is 4.31. The van der Waals surface area contributed by atoms with Gasteiger partial charge in [0, 0.05) is 27.2 Å². The molecule has 96 valence electrons. The SMILES string of the molecule is CN(C)c1nc(NCCN)nc(C(Cl)(Cl)Cl)n1. The molecule has 0 amide bonds. The van der Waals surface area contributed by atoms with Gasteiger partial charge in [-0.15, -0.1) is 0 Å². The summed E-state index contributed by atoms with van der Waals surface area (Å²) in [6.07, 6.45) is 0. The molecule has 6 nitrogen and oxygen atoms in total. The Morgan fingerprint density at radius 2 is 1.88 bits per heavy atom. The normalized spacial score (nSPS) is 11.4. The van der Waals surface area contributed by atoms with Crippen LogP contribution in [-0.2, 0) is 3.79 Å². The zero-order valence-corrected chi connectivity index (χ0v) is 11.7. The summed E-state index contributed by atoms with van der Waals surface area (Å²) in [5.74, 6) is 0.803. The minimum absolute atomic E-state index is 0.0701. The van der Waals surface area contributed by atoms with Crippen LogP contribution in [0.4, 0.5) is 11.9 Å². The van der Waals surface area contributed by atoms with Gasteiger partial charge in [-0.25, -0.2) is 0 Å². The Balaban J connectivity index is 3.10. The van der Waals surface area contributed by atoms with Gasteiger partial charge in [-0.3, -0.25) is 0 Å². The summed E-state index contributed by atoms with van der Waals surface area (Å²) in [5.41, 5.74) is 5.38. The Morgan fingerprint density at radius 3 is 2.35 bits per heavy atom. The highest BCUT2D eigenvalue weighted by Crippen LogP contribution is 2.36. The van der Waals surface area contributed by atoms with Crippen LogP contribution in [0.5, 0.6) is 0 Å². The predicted octanol–water partition coefficient (Wildman–Crippen LogP) is 1.13. The maximum Gasteiger partial charge on any atom is 0.250 e. The van der Waals surface area contributed by atoms with E-state index in [0.717, 1.165) is 0 Å². The number of nitrogens with one attached hydrogen (secondary N) is 1.